The van der Waals surface area contributed by atoms with Crippen LogP contribution in [0.3, 0.4) is 0 Å². The van der Waals surface area contributed by atoms with Crippen molar-refractivity contribution in [2.24, 2.45) is 10.2 Å². The Morgan fingerprint density at radius 3 is 1.50 bits per heavy atom. The molecule has 0 fully saturated rings. The van der Waals surface area contributed by atoms with E-state index in [1.54, 1.807) is 26.0 Å². The van der Waals surface area contributed by atoms with E-state index in [2.05, 4.69) is 10.2 Å². The van der Waals surface area contributed by atoms with Crippen molar-refractivity contribution >= 4 is 35.6 Å². The molecule has 0 saturated carbocycles. The number of hydrogen-bond acceptors (Lipinski definition) is 8. The number of nitro groups is 2. The number of amides is 2. The third kappa shape index (κ3) is 5.76. The number of nitrogens with zero attached hydrogens (tertiary/aromatic N) is 4. The van der Waals surface area contributed by atoms with Gasteiger partial charge in [0, 0.05) is 34.4 Å². The Morgan fingerprint density at radius 1 is 0.800 bits per heavy atom. The van der Waals surface area contributed by atoms with Crippen LogP contribution in [0.15, 0.2) is 46.6 Å². The van der Waals surface area contributed by atoms with Gasteiger partial charge in [0.05, 0.1) is 22.3 Å². The predicted molar refractivity (Wildman–Crippen MR) is 107 cm³/mol. The summed E-state index contributed by atoms with van der Waals surface area (Å²) < 4.78 is 0. The molecule has 0 spiro atoms. The molecular formula is C18H16N6O6. The van der Waals surface area contributed by atoms with E-state index >= 15 is 0 Å². The fraction of sp³-hybridized carbons (Fsp3) is 0.111. The van der Waals surface area contributed by atoms with E-state index in [1.165, 1.54) is 24.3 Å². The Balaban J connectivity index is 1.93. The van der Waals surface area contributed by atoms with Gasteiger partial charge in [-0.25, -0.2) is 10.9 Å². The van der Waals surface area contributed by atoms with Gasteiger partial charge in [0.25, 0.3) is 11.4 Å². The van der Waals surface area contributed by atoms with Crippen LogP contribution in [0.25, 0.3) is 0 Å². The van der Waals surface area contributed by atoms with Gasteiger partial charge < -0.3 is 0 Å². The van der Waals surface area contributed by atoms with Crippen molar-refractivity contribution < 1.29 is 19.4 Å². The molecule has 0 aromatic heterocycles. The van der Waals surface area contributed by atoms with Crippen molar-refractivity contribution in [3.8, 4) is 0 Å². The molecule has 0 unspecified atom stereocenters. The van der Waals surface area contributed by atoms with E-state index in [0.29, 0.717) is 22.3 Å². The Morgan fingerprint density at radius 2 is 1.17 bits per heavy atom. The Kier molecular flexibility index (Phi) is 7.01. The van der Waals surface area contributed by atoms with Gasteiger partial charge in [-0.2, -0.15) is 10.2 Å². The lowest BCUT2D eigenvalue weighted by Gasteiger charge is -2.00. The Labute approximate surface area is 169 Å². The van der Waals surface area contributed by atoms with Gasteiger partial charge in [0.15, 0.2) is 0 Å². The average Bonchev–Trinajstić information content (AvgIpc) is 2.69. The van der Waals surface area contributed by atoms with Crippen molar-refractivity contribution in [1.82, 2.24) is 10.9 Å². The minimum atomic E-state index is -1.13. The van der Waals surface area contributed by atoms with E-state index < -0.39 is 21.7 Å². The second-order valence-electron chi connectivity index (χ2n) is 6.00. The molecule has 30 heavy (non-hydrogen) atoms. The number of hydrogen-bond donors (Lipinski definition) is 2. The van der Waals surface area contributed by atoms with Crippen LogP contribution >= 0.6 is 0 Å². The summed E-state index contributed by atoms with van der Waals surface area (Å²) in [5, 5.41) is 28.9. The Bertz CT molecular complexity index is 993. The number of rotatable bonds is 6. The van der Waals surface area contributed by atoms with Crippen molar-refractivity contribution in [3.63, 3.8) is 0 Å². The molecule has 2 amide bonds. The fourth-order valence-electron chi connectivity index (χ4n) is 2.24. The molecule has 2 N–H and O–H groups in total. The zero-order valence-electron chi connectivity index (χ0n) is 15.9. The molecule has 0 heterocycles. The lowest BCUT2D eigenvalue weighted by molar-refractivity contribution is -0.385. The molecule has 0 atom stereocenters. The number of aryl methyl sites for hydroxylation is 2. The highest BCUT2D eigenvalue weighted by atomic mass is 16.6. The highest BCUT2D eigenvalue weighted by Crippen LogP contribution is 2.19. The maximum Gasteiger partial charge on any atom is 0.331 e. The highest BCUT2D eigenvalue weighted by molar-refractivity contribution is 6.35. The fourth-order valence-corrected chi connectivity index (χ4v) is 2.24. The maximum atomic E-state index is 11.7. The minimum absolute atomic E-state index is 0.103. The number of carbonyl (C=O) groups is 2. The first-order valence-corrected chi connectivity index (χ1v) is 8.35. The third-order valence-corrected chi connectivity index (χ3v) is 3.83. The molecule has 12 heteroatoms. The van der Waals surface area contributed by atoms with Crippen molar-refractivity contribution in [1.29, 1.82) is 0 Å². The molecular weight excluding hydrogens is 396 g/mol. The Hall–Kier alpha value is -4.48. The van der Waals surface area contributed by atoms with Crippen LogP contribution in [0.5, 0.6) is 0 Å². The highest BCUT2D eigenvalue weighted by Gasteiger charge is 2.13. The zero-order valence-corrected chi connectivity index (χ0v) is 15.9. The summed E-state index contributed by atoms with van der Waals surface area (Å²) >= 11 is 0. The molecule has 0 aliphatic heterocycles. The largest absolute Gasteiger partial charge is 0.331 e. The number of benzene rings is 2. The molecule has 154 valence electrons. The van der Waals surface area contributed by atoms with Crippen LogP contribution in [-0.2, 0) is 9.59 Å². The van der Waals surface area contributed by atoms with Crippen LogP contribution < -0.4 is 10.9 Å². The molecule has 0 aliphatic carbocycles. The van der Waals surface area contributed by atoms with E-state index in [1.807, 2.05) is 10.9 Å². The third-order valence-electron chi connectivity index (χ3n) is 3.83. The molecule has 0 bridgehead atoms. The number of carbonyl (C=O) groups excluding carboxylic acids is 2. The van der Waals surface area contributed by atoms with Gasteiger partial charge in [-0.3, -0.25) is 29.8 Å². The topological polar surface area (TPSA) is 169 Å². The van der Waals surface area contributed by atoms with Gasteiger partial charge >= 0.3 is 11.8 Å². The second-order valence-corrected chi connectivity index (χ2v) is 6.00. The lowest BCUT2D eigenvalue weighted by atomic mass is 10.1. The summed E-state index contributed by atoms with van der Waals surface area (Å²) in [4.78, 5) is 44.1. The number of hydrazone groups is 2. The van der Waals surface area contributed by atoms with E-state index in [-0.39, 0.29) is 11.4 Å². The van der Waals surface area contributed by atoms with E-state index in [4.69, 9.17) is 0 Å². The summed E-state index contributed by atoms with van der Waals surface area (Å²) in [7, 11) is 0. The lowest BCUT2D eigenvalue weighted by Crippen LogP contribution is -2.35. The molecule has 2 rings (SSSR count). The first-order chi connectivity index (χ1) is 14.2. The van der Waals surface area contributed by atoms with E-state index in [0.717, 1.165) is 12.4 Å². The molecule has 12 nitrogen and oxygen atoms in total. The van der Waals surface area contributed by atoms with Gasteiger partial charge in [-0.1, -0.05) is 24.3 Å². The van der Waals surface area contributed by atoms with Crippen LogP contribution in [-0.4, -0.2) is 34.1 Å². The standard InChI is InChI=1S/C18H16N6O6/c1-11-3-5-13(7-15(11)23(27)28)9-19-21-17(25)18(26)22-20-10-14-6-4-12(2)16(8-14)24(29)30/h3-10H,1-2H3,(H,21,25)(H,22,26). The first kappa shape index (κ1) is 21.8. The van der Waals surface area contributed by atoms with E-state index in [9.17, 15) is 29.8 Å². The van der Waals surface area contributed by atoms with Gasteiger partial charge in [0.1, 0.15) is 0 Å². The van der Waals surface area contributed by atoms with Gasteiger partial charge in [0.2, 0.25) is 0 Å². The quantitative estimate of drug-likeness (QED) is 0.317. The van der Waals surface area contributed by atoms with Crippen LogP contribution in [0.4, 0.5) is 11.4 Å². The van der Waals surface area contributed by atoms with Gasteiger partial charge in [-0.05, 0) is 13.8 Å². The van der Waals surface area contributed by atoms with Crippen molar-refractivity contribution in [2.75, 3.05) is 0 Å². The molecule has 0 saturated heterocycles. The summed E-state index contributed by atoms with van der Waals surface area (Å²) in [5.74, 6) is -2.25. The summed E-state index contributed by atoms with van der Waals surface area (Å²) in [6, 6.07) is 8.72. The SMILES string of the molecule is Cc1ccc(C=NNC(=O)C(=O)NN=Cc2ccc(C)c([N+](=O)[O-])c2)cc1[N+](=O)[O-]. The minimum Gasteiger partial charge on any atom is -0.262 e. The summed E-state index contributed by atoms with van der Waals surface area (Å²) in [6.07, 6.45) is 2.29. The number of nitrogens with one attached hydrogen (secondary N) is 2. The van der Waals surface area contributed by atoms with Crippen LogP contribution in [0, 0.1) is 34.1 Å². The summed E-state index contributed by atoms with van der Waals surface area (Å²) in [6.45, 7) is 3.17. The average molecular weight is 412 g/mol. The molecule has 2 aromatic carbocycles. The van der Waals surface area contributed by atoms with Crippen LogP contribution in [0.2, 0.25) is 0 Å². The van der Waals surface area contributed by atoms with Crippen molar-refractivity contribution in [3.05, 3.63) is 78.9 Å². The predicted octanol–water partition coefficient (Wildman–Crippen LogP) is 1.72. The normalized spacial score (nSPS) is 10.9. The maximum absolute atomic E-state index is 11.7. The number of nitro benzene ring substituents is 2. The summed E-state index contributed by atoms with van der Waals surface area (Å²) in [5.41, 5.74) is 5.36. The second kappa shape index (κ2) is 9.64. The smallest absolute Gasteiger partial charge is 0.262 e. The van der Waals surface area contributed by atoms with Gasteiger partial charge in [-0.15, -0.1) is 0 Å². The molecule has 0 aliphatic rings. The molecule has 2 aromatic rings. The molecule has 0 radical (unpaired) electrons. The monoisotopic (exact) mass is 412 g/mol. The van der Waals surface area contributed by atoms with Crippen LogP contribution in [0.1, 0.15) is 22.3 Å². The zero-order chi connectivity index (χ0) is 22.3. The van der Waals surface area contributed by atoms with Crippen molar-refractivity contribution in [2.45, 2.75) is 13.8 Å². The first-order valence-electron chi connectivity index (χ1n) is 8.35.